The summed E-state index contributed by atoms with van der Waals surface area (Å²) in [4.78, 5) is 0. The van der Waals surface area contributed by atoms with Crippen molar-refractivity contribution in [1.29, 1.82) is 0 Å². The van der Waals surface area contributed by atoms with Crippen molar-refractivity contribution < 1.29 is 29.9 Å². The standard InChI is InChI=1S/C14H28O6/c1-2-3-4-5-6-7-8-19-10-14(18)13(17)12(16)11(15)9-20-14/h11-13,15-18H,2-10H2,1H3/t11-,12-,13+,14+/m1/s1. The predicted octanol–water partition coefficient (Wildman–Crippen LogP) is 0.165. The van der Waals surface area contributed by atoms with Gasteiger partial charge >= 0.3 is 0 Å². The molecule has 0 spiro atoms. The van der Waals surface area contributed by atoms with Crippen molar-refractivity contribution in [2.24, 2.45) is 0 Å². The maximum Gasteiger partial charge on any atom is 0.219 e. The molecule has 0 bridgehead atoms. The van der Waals surface area contributed by atoms with Crippen LogP contribution in [0.25, 0.3) is 0 Å². The highest BCUT2D eigenvalue weighted by molar-refractivity contribution is 4.91. The number of aliphatic hydroxyl groups excluding tert-OH is 3. The highest BCUT2D eigenvalue weighted by Gasteiger charge is 2.48. The van der Waals surface area contributed by atoms with E-state index in [1.165, 1.54) is 25.7 Å². The lowest BCUT2D eigenvalue weighted by Gasteiger charge is -2.41. The van der Waals surface area contributed by atoms with Crippen LogP contribution in [0.3, 0.4) is 0 Å². The van der Waals surface area contributed by atoms with Crippen LogP contribution in [0, 0.1) is 0 Å². The second-order valence-corrected chi connectivity index (χ2v) is 5.48. The molecule has 4 N–H and O–H groups in total. The second-order valence-electron chi connectivity index (χ2n) is 5.48. The Bertz CT molecular complexity index is 262. The number of aliphatic hydroxyl groups is 4. The van der Waals surface area contributed by atoms with E-state index < -0.39 is 24.1 Å². The molecule has 1 saturated heterocycles. The normalized spacial score (nSPS) is 34.4. The first-order valence-electron chi connectivity index (χ1n) is 7.49. The van der Waals surface area contributed by atoms with Crippen LogP contribution >= 0.6 is 0 Å². The van der Waals surface area contributed by atoms with E-state index in [1.807, 2.05) is 0 Å². The van der Waals surface area contributed by atoms with Crippen LogP contribution in [-0.2, 0) is 9.47 Å². The van der Waals surface area contributed by atoms with E-state index in [0.29, 0.717) is 6.61 Å². The van der Waals surface area contributed by atoms with Gasteiger partial charge in [-0.25, -0.2) is 0 Å². The monoisotopic (exact) mass is 292 g/mol. The van der Waals surface area contributed by atoms with Crippen molar-refractivity contribution in [1.82, 2.24) is 0 Å². The number of unbranched alkanes of at least 4 members (excludes halogenated alkanes) is 5. The van der Waals surface area contributed by atoms with Crippen LogP contribution in [0.1, 0.15) is 45.4 Å². The van der Waals surface area contributed by atoms with Gasteiger partial charge in [0, 0.05) is 6.61 Å². The molecule has 0 aromatic heterocycles. The van der Waals surface area contributed by atoms with Crippen molar-refractivity contribution in [3.05, 3.63) is 0 Å². The van der Waals surface area contributed by atoms with Crippen molar-refractivity contribution in [3.63, 3.8) is 0 Å². The summed E-state index contributed by atoms with van der Waals surface area (Å²) in [5.74, 6) is -1.94. The molecule has 0 unspecified atom stereocenters. The minimum absolute atomic E-state index is 0.215. The van der Waals surface area contributed by atoms with E-state index in [2.05, 4.69) is 6.92 Å². The summed E-state index contributed by atoms with van der Waals surface area (Å²) in [6.45, 7) is 2.20. The summed E-state index contributed by atoms with van der Waals surface area (Å²) >= 11 is 0. The summed E-state index contributed by atoms with van der Waals surface area (Å²) < 4.78 is 10.3. The molecule has 6 nitrogen and oxygen atoms in total. The summed E-state index contributed by atoms with van der Waals surface area (Å²) in [6.07, 6.45) is 2.64. The molecule has 0 aromatic rings. The molecule has 1 rings (SSSR count). The van der Waals surface area contributed by atoms with Gasteiger partial charge in [-0.2, -0.15) is 0 Å². The first-order chi connectivity index (χ1) is 9.51. The molecule has 0 amide bonds. The minimum Gasteiger partial charge on any atom is -0.388 e. The summed E-state index contributed by atoms with van der Waals surface area (Å²) in [6, 6.07) is 0. The molecular weight excluding hydrogens is 264 g/mol. The quantitative estimate of drug-likeness (QED) is 0.452. The fourth-order valence-electron chi connectivity index (χ4n) is 2.22. The van der Waals surface area contributed by atoms with Crippen LogP contribution in [-0.4, -0.2) is 64.3 Å². The summed E-state index contributed by atoms with van der Waals surface area (Å²) in [7, 11) is 0. The average molecular weight is 292 g/mol. The maximum atomic E-state index is 10.0. The Labute approximate surface area is 120 Å². The van der Waals surface area contributed by atoms with Gasteiger partial charge in [-0.15, -0.1) is 0 Å². The third-order valence-corrected chi connectivity index (χ3v) is 3.64. The molecule has 0 saturated carbocycles. The van der Waals surface area contributed by atoms with Crippen LogP contribution < -0.4 is 0 Å². The van der Waals surface area contributed by atoms with Gasteiger partial charge in [0.1, 0.15) is 24.9 Å². The molecule has 4 atom stereocenters. The SMILES string of the molecule is CCCCCCCCOC[C@]1(O)OC[C@@H](O)[C@@H](O)[C@@H]1O. The van der Waals surface area contributed by atoms with Crippen LogP contribution in [0.5, 0.6) is 0 Å². The van der Waals surface area contributed by atoms with E-state index in [9.17, 15) is 20.4 Å². The minimum atomic E-state index is -1.94. The first-order valence-corrected chi connectivity index (χ1v) is 7.49. The van der Waals surface area contributed by atoms with E-state index >= 15 is 0 Å². The predicted molar refractivity (Wildman–Crippen MR) is 73.1 cm³/mol. The number of hydrogen-bond donors (Lipinski definition) is 4. The molecule has 1 heterocycles. The topological polar surface area (TPSA) is 99.4 Å². The fraction of sp³-hybridized carbons (Fsp3) is 1.00. The summed E-state index contributed by atoms with van der Waals surface area (Å²) in [5, 5.41) is 38.5. The molecule has 6 heteroatoms. The summed E-state index contributed by atoms with van der Waals surface area (Å²) in [5.41, 5.74) is 0. The lowest BCUT2D eigenvalue weighted by atomic mass is 9.97. The molecule has 20 heavy (non-hydrogen) atoms. The van der Waals surface area contributed by atoms with Crippen molar-refractivity contribution in [2.75, 3.05) is 19.8 Å². The van der Waals surface area contributed by atoms with Crippen molar-refractivity contribution >= 4 is 0 Å². The third kappa shape index (κ3) is 5.27. The fourth-order valence-corrected chi connectivity index (χ4v) is 2.22. The third-order valence-electron chi connectivity index (χ3n) is 3.64. The Morgan fingerprint density at radius 2 is 1.75 bits per heavy atom. The molecule has 0 aromatic carbocycles. The lowest BCUT2D eigenvalue weighted by Crippen LogP contribution is -2.62. The zero-order chi connectivity index (χ0) is 15.0. The number of ether oxygens (including phenoxy) is 2. The smallest absolute Gasteiger partial charge is 0.219 e. The molecule has 1 aliphatic rings. The lowest BCUT2D eigenvalue weighted by molar-refractivity contribution is -0.335. The zero-order valence-electron chi connectivity index (χ0n) is 12.2. The van der Waals surface area contributed by atoms with Gasteiger partial charge in [-0.3, -0.25) is 0 Å². The van der Waals surface area contributed by atoms with E-state index in [4.69, 9.17) is 9.47 Å². The average Bonchev–Trinajstić information content (AvgIpc) is 2.44. The second kappa shape index (κ2) is 8.92. The Hall–Kier alpha value is -0.240. The van der Waals surface area contributed by atoms with Crippen molar-refractivity contribution in [2.45, 2.75) is 69.5 Å². The molecule has 0 aliphatic carbocycles. The number of hydrogen-bond acceptors (Lipinski definition) is 6. The zero-order valence-corrected chi connectivity index (χ0v) is 12.2. The number of rotatable bonds is 9. The molecule has 1 aliphatic heterocycles. The van der Waals surface area contributed by atoms with Crippen LogP contribution in [0.4, 0.5) is 0 Å². The highest BCUT2D eigenvalue weighted by Crippen LogP contribution is 2.24. The molecule has 0 radical (unpaired) electrons. The molecule has 120 valence electrons. The van der Waals surface area contributed by atoms with Gasteiger partial charge in [0.05, 0.1) is 6.61 Å². The van der Waals surface area contributed by atoms with E-state index in [-0.39, 0.29) is 13.2 Å². The van der Waals surface area contributed by atoms with Gasteiger partial charge in [0.25, 0.3) is 0 Å². The molecule has 1 fully saturated rings. The van der Waals surface area contributed by atoms with Gasteiger partial charge in [-0.05, 0) is 6.42 Å². The van der Waals surface area contributed by atoms with Crippen LogP contribution in [0.15, 0.2) is 0 Å². The van der Waals surface area contributed by atoms with Gasteiger partial charge in [-0.1, -0.05) is 39.0 Å². The first kappa shape index (κ1) is 17.8. The van der Waals surface area contributed by atoms with E-state index in [0.717, 1.165) is 12.8 Å². The van der Waals surface area contributed by atoms with Gasteiger partial charge in [0.2, 0.25) is 5.79 Å². The van der Waals surface area contributed by atoms with Gasteiger partial charge < -0.3 is 29.9 Å². The largest absolute Gasteiger partial charge is 0.388 e. The maximum absolute atomic E-state index is 10.0. The highest BCUT2D eigenvalue weighted by atomic mass is 16.7. The Kier molecular flexibility index (Phi) is 7.94. The Morgan fingerprint density at radius 1 is 1.10 bits per heavy atom. The van der Waals surface area contributed by atoms with Crippen LogP contribution in [0.2, 0.25) is 0 Å². The Morgan fingerprint density at radius 3 is 2.45 bits per heavy atom. The molecular formula is C14H28O6. The Balaban J connectivity index is 2.14. The van der Waals surface area contributed by atoms with E-state index in [1.54, 1.807) is 0 Å². The van der Waals surface area contributed by atoms with Crippen molar-refractivity contribution in [3.8, 4) is 0 Å². The van der Waals surface area contributed by atoms with Gasteiger partial charge in [0.15, 0.2) is 0 Å².